The molecule has 1 aliphatic carbocycles. The normalized spacial score (nSPS) is 21.0. The van der Waals surface area contributed by atoms with E-state index in [9.17, 15) is 9.59 Å². The summed E-state index contributed by atoms with van der Waals surface area (Å²) in [4.78, 5) is 28.7. The molecule has 4 nitrogen and oxygen atoms in total. The molecule has 0 aromatic heterocycles. The predicted molar refractivity (Wildman–Crippen MR) is 107 cm³/mol. The van der Waals surface area contributed by atoms with Gasteiger partial charge in [0, 0.05) is 22.2 Å². The average Bonchev–Trinajstić information content (AvgIpc) is 2.55. The summed E-state index contributed by atoms with van der Waals surface area (Å²) < 4.78 is 0.752. The first-order chi connectivity index (χ1) is 12.1. The number of nitrogens with one attached hydrogen (secondary N) is 1. The number of carbonyl (C=O) groups excluding carboxylic acids is 2. The molecule has 1 aliphatic heterocycles. The van der Waals surface area contributed by atoms with Gasteiger partial charge in [-0.15, -0.1) is 0 Å². The second-order valence-corrected chi connectivity index (χ2v) is 8.56. The highest BCUT2D eigenvalue weighted by Crippen LogP contribution is 2.38. The highest BCUT2D eigenvalue weighted by molar-refractivity contribution is 9.10. The Hall–Kier alpha value is -1.98. The van der Waals surface area contributed by atoms with Gasteiger partial charge in [-0.25, -0.2) is 4.99 Å². The van der Waals surface area contributed by atoms with Gasteiger partial charge < -0.3 is 5.32 Å². The fourth-order valence-electron chi connectivity index (χ4n) is 2.98. The number of carbonyl (C=O) groups is 2. The highest BCUT2D eigenvalue weighted by atomic mass is 79.9. The minimum absolute atomic E-state index is 0.0174. The summed E-state index contributed by atoms with van der Waals surface area (Å²) in [5, 5.41) is 3.20. The van der Waals surface area contributed by atoms with Gasteiger partial charge in [-0.3, -0.25) is 9.59 Å². The lowest BCUT2D eigenvalue weighted by molar-refractivity contribution is -0.116. The zero-order chi connectivity index (χ0) is 19.1. The van der Waals surface area contributed by atoms with E-state index in [0.29, 0.717) is 16.3 Å². The van der Waals surface area contributed by atoms with Crippen molar-refractivity contribution in [1.82, 2.24) is 5.32 Å². The Morgan fingerprint density at radius 2 is 2.00 bits per heavy atom. The Balaban J connectivity index is 1.93. The van der Waals surface area contributed by atoms with Gasteiger partial charge in [-0.05, 0) is 41.3 Å². The number of rotatable bonds is 1. The molecule has 1 heterocycles. The number of fused-ring (bicyclic) bond motifs is 1. The van der Waals surface area contributed by atoms with Crippen LogP contribution in [0.25, 0.3) is 0 Å². The van der Waals surface area contributed by atoms with E-state index in [0.717, 1.165) is 15.7 Å². The maximum atomic E-state index is 12.5. The quantitative estimate of drug-likeness (QED) is 0.688. The summed E-state index contributed by atoms with van der Waals surface area (Å²) >= 11 is 9.43. The van der Waals surface area contributed by atoms with Crippen molar-refractivity contribution in [2.24, 2.45) is 16.3 Å². The molecule has 26 heavy (non-hydrogen) atoms. The molecule has 3 rings (SSSR count). The van der Waals surface area contributed by atoms with Crippen LogP contribution in [-0.4, -0.2) is 17.5 Å². The molecular formula is C20H18BrClN2O2. The summed E-state index contributed by atoms with van der Waals surface area (Å²) in [7, 11) is 0. The molecule has 0 saturated carbocycles. The molecule has 0 spiro atoms. The van der Waals surface area contributed by atoms with Crippen LogP contribution in [0, 0.1) is 11.3 Å². The van der Waals surface area contributed by atoms with E-state index in [-0.39, 0.29) is 17.2 Å². The third-order valence-electron chi connectivity index (χ3n) is 4.24. The van der Waals surface area contributed by atoms with Crippen LogP contribution in [0.2, 0.25) is 5.02 Å². The smallest absolute Gasteiger partial charge is 0.279 e. The van der Waals surface area contributed by atoms with Crippen molar-refractivity contribution >= 4 is 45.1 Å². The molecule has 1 aromatic carbocycles. The summed E-state index contributed by atoms with van der Waals surface area (Å²) in [5.41, 5.74) is 2.43. The van der Waals surface area contributed by atoms with Crippen molar-refractivity contribution < 1.29 is 9.59 Å². The fourth-order valence-corrected chi connectivity index (χ4v) is 3.54. The lowest BCUT2D eigenvalue weighted by Crippen LogP contribution is -2.36. The summed E-state index contributed by atoms with van der Waals surface area (Å²) in [6.07, 6.45) is 7.15. The number of hydrogen-bond acceptors (Lipinski definition) is 2. The Labute approximate surface area is 165 Å². The summed E-state index contributed by atoms with van der Waals surface area (Å²) in [6, 6.07) is 5.04. The molecular weight excluding hydrogens is 416 g/mol. The van der Waals surface area contributed by atoms with Crippen molar-refractivity contribution in [3.8, 4) is 0 Å². The minimum Gasteiger partial charge on any atom is -0.325 e. The molecule has 0 saturated heterocycles. The number of nitrogens with zero attached hydrogens (tertiary/aromatic N) is 1. The maximum Gasteiger partial charge on any atom is 0.279 e. The first kappa shape index (κ1) is 18.8. The van der Waals surface area contributed by atoms with Crippen LogP contribution in [0.15, 0.2) is 63.2 Å². The Kier molecular flexibility index (Phi) is 5.04. The molecule has 1 atom stereocenters. The van der Waals surface area contributed by atoms with Gasteiger partial charge in [0.15, 0.2) is 0 Å². The van der Waals surface area contributed by atoms with E-state index in [1.165, 1.54) is 0 Å². The minimum atomic E-state index is -0.431. The first-order valence-electron chi connectivity index (χ1n) is 8.16. The number of aliphatic imine (C=N–C) groups is 1. The highest BCUT2D eigenvalue weighted by Gasteiger charge is 2.32. The third-order valence-corrected chi connectivity index (χ3v) is 5.07. The number of halogens is 2. The topological polar surface area (TPSA) is 58.5 Å². The van der Waals surface area contributed by atoms with E-state index in [1.807, 2.05) is 6.08 Å². The van der Waals surface area contributed by atoms with E-state index >= 15 is 0 Å². The predicted octanol–water partition coefficient (Wildman–Crippen LogP) is 4.86. The average molecular weight is 434 g/mol. The van der Waals surface area contributed by atoms with Crippen LogP contribution in [0.5, 0.6) is 0 Å². The van der Waals surface area contributed by atoms with Crippen molar-refractivity contribution in [3.63, 3.8) is 0 Å². The van der Waals surface area contributed by atoms with Gasteiger partial charge in [0.05, 0.1) is 16.3 Å². The standard InChI is InChI=1S/C20H18BrClN2O2/c1-20(2,3)15-10-18(25)24-17-9-12(5-6-13(15)17)23-19(26)14-8-11(21)4-7-16(14)22/h4-10,13H,1-3H3,(H,24,25). The van der Waals surface area contributed by atoms with Gasteiger partial charge >= 0.3 is 0 Å². The number of benzene rings is 1. The summed E-state index contributed by atoms with van der Waals surface area (Å²) in [6.45, 7) is 6.22. The number of hydrogen-bond donors (Lipinski definition) is 1. The fraction of sp³-hybridized carbons (Fsp3) is 0.250. The van der Waals surface area contributed by atoms with Crippen LogP contribution in [-0.2, 0) is 4.79 Å². The molecule has 1 N–H and O–H groups in total. The molecule has 2 aliphatic rings. The van der Waals surface area contributed by atoms with Crippen LogP contribution < -0.4 is 5.32 Å². The zero-order valence-electron chi connectivity index (χ0n) is 14.6. The molecule has 6 heteroatoms. The Morgan fingerprint density at radius 1 is 1.27 bits per heavy atom. The van der Waals surface area contributed by atoms with Crippen molar-refractivity contribution in [1.29, 1.82) is 0 Å². The van der Waals surface area contributed by atoms with Crippen LogP contribution in [0.1, 0.15) is 31.1 Å². The lowest BCUT2D eigenvalue weighted by Gasteiger charge is -2.34. The zero-order valence-corrected chi connectivity index (χ0v) is 17.0. The summed E-state index contributed by atoms with van der Waals surface area (Å²) in [5.74, 6) is -0.607. The molecule has 1 unspecified atom stereocenters. The van der Waals surface area contributed by atoms with Crippen molar-refractivity contribution in [2.45, 2.75) is 20.8 Å². The van der Waals surface area contributed by atoms with Crippen LogP contribution in [0.4, 0.5) is 0 Å². The van der Waals surface area contributed by atoms with E-state index < -0.39 is 5.91 Å². The Bertz CT molecular complexity index is 920. The van der Waals surface area contributed by atoms with Crippen molar-refractivity contribution in [2.75, 3.05) is 0 Å². The SMILES string of the molecule is CC(C)(C)C1=CC(=O)NC2=CC(=NC(=O)c3cc(Br)ccc3Cl)C=CC21. The third kappa shape index (κ3) is 3.89. The first-order valence-corrected chi connectivity index (χ1v) is 9.33. The number of allylic oxidation sites excluding steroid dienone is 3. The second-order valence-electron chi connectivity index (χ2n) is 7.24. The van der Waals surface area contributed by atoms with Gasteiger partial charge in [0.2, 0.25) is 5.91 Å². The largest absolute Gasteiger partial charge is 0.325 e. The molecule has 0 bridgehead atoms. The van der Waals surface area contributed by atoms with Gasteiger partial charge in [-0.2, -0.15) is 0 Å². The Morgan fingerprint density at radius 3 is 2.69 bits per heavy atom. The monoisotopic (exact) mass is 432 g/mol. The molecule has 2 amide bonds. The number of amides is 2. The van der Waals surface area contributed by atoms with E-state index in [1.54, 1.807) is 36.4 Å². The molecule has 1 aromatic rings. The van der Waals surface area contributed by atoms with E-state index in [2.05, 4.69) is 47.0 Å². The van der Waals surface area contributed by atoms with Crippen molar-refractivity contribution in [3.05, 3.63) is 68.8 Å². The van der Waals surface area contributed by atoms with Crippen LogP contribution in [0.3, 0.4) is 0 Å². The van der Waals surface area contributed by atoms with Gasteiger partial charge in [0.25, 0.3) is 5.91 Å². The lowest BCUT2D eigenvalue weighted by atomic mass is 9.74. The maximum absolute atomic E-state index is 12.5. The second kappa shape index (κ2) is 6.97. The molecule has 0 radical (unpaired) electrons. The molecule has 134 valence electrons. The van der Waals surface area contributed by atoms with E-state index in [4.69, 9.17) is 11.6 Å². The van der Waals surface area contributed by atoms with Crippen LogP contribution >= 0.6 is 27.5 Å². The van der Waals surface area contributed by atoms with Gasteiger partial charge in [0.1, 0.15) is 0 Å². The molecule has 0 fully saturated rings. The van der Waals surface area contributed by atoms with Gasteiger partial charge in [-0.1, -0.05) is 54.4 Å².